The Morgan fingerprint density at radius 1 is 1.25 bits per heavy atom. The van der Waals surface area contributed by atoms with E-state index >= 15 is 0 Å². The van der Waals surface area contributed by atoms with Gasteiger partial charge < -0.3 is 9.80 Å². The molecule has 2 fully saturated rings. The van der Waals surface area contributed by atoms with Gasteiger partial charge >= 0.3 is 0 Å². The fourth-order valence-corrected chi connectivity index (χ4v) is 5.77. The average Bonchev–Trinajstić information content (AvgIpc) is 2.80. The molecule has 0 N–H and O–H groups in total. The van der Waals surface area contributed by atoms with E-state index in [0.29, 0.717) is 0 Å². The Bertz CT molecular complexity index is 645. The summed E-state index contributed by atoms with van der Waals surface area (Å²) in [6.07, 6.45) is 0. The normalized spacial score (nSPS) is 28.0. The minimum atomic E-state index is -2.97. The van der Waals surface area contributed by atoms with E-state index < -0.39 is 9.84 Å². The van der Waals surface area contributed by atoms with Crippen LogP contribution in [-0.2, 0) is 9.84 Å². The molecule has 0 saturated carbocycles. The standard InChI is InChI=1S/C13H15BrN2O2S2/c1-2-15-11-7-20(17,18)8-12(11)16(13(15)19)10-5-3-9(14)4-6-10/h3-6,11-12H,2,7-8H2,1H3. The van der Waals surface area contributed by atoms with Crippen LogP contribution >= 0.6 is 28.1 Å². The lowest BCUT2D eigenvalue weighted by Gasteiger charge is -2.24. The molecule has 7 heteroatoms. The Labute approximate surface area is 132 Å². The summed E-state index contributed by atoms with van der Waals surface area (Å²) in [6, 6.07) is 7.76. The molecule has 0 radical (unpaired) electrons. The number of hydrogen-bond donors (Lipinski definition) is 0. The Morgan fingerprint density at radius 2 is 1.85 bits per heavy atom. The first kappa shape index (κ1) is 14.3. The SMILES string of the molecule is CCN1C(=S)N(c2ccc(Br)cc2)C2CS(=O)(=O)CC21. The van der Waals surface area contributed by atoms with Gasteiger partial charge in [0.1, 0.15) is 0 Å². The number of sulfone groups is 1. The third-order valence-electron chi connectivity index (χ3n) is 3.92. The molecule has 0 aliphatic carbocycles. The van der Waals surface area contributed by atoms with Crippen molar-refractivity contribution in [1.82, 2.24) is 4.90 Å². The maximum absolute atomic E-state index is 11.9. The third-order valence-corrected chi connectivity index (χ3v) is 6.58. The van der Waals surface area contributed by atoms with Crippen LogP contribution in [0.25, 0.3) is 0 Å². The summed E-state index contributed by atoms with van der Waals surface area (Å²) in [6.45, 7) is 2.75. The van der Waals surface area contributed by atoms with E-state index in [1.807, 2.05) is 41.0 Å². The number of hydrogen-bond acceptors (Lipinski definition) is 3. The Balaban J connectivity index is 2.01. The third kappa shape index (κ3) is 2.25. The molecule has 0 bridgehead atoms. The van der Waals surface area contributed by atoms with Crippen LogP contribution < -0.4 is 4.90 Å². The summed E-state index contributed by atoms with van der Waals surface area (Å²) in [5.74, 6) is 0.392. The Morgan fingerprint density at radius 3 is 2.45 bits per heavy atom. The predicted octanol–water partition coefficient (Wildman–Crippen LogP) is 2.04. The lowest BCUT2D eigenvalue weighted by atomic mass is 10.1. The molecular weight excluding hydrogens is 360 g/mol. The molecule has 4 nitrogen and oxygen atoms in total. The lowest BCUT2D eigenvalue weighted by molar-refractivity contribution is 0.373. The number of rotatable bonds is 2. The molecule has 3 rings (SSSR count). The van der Waals surface area contributed by atoms with Gasteiger partial charge in [0.25, 0.3) is 0 Å². The van der Waals surface area contributed by atoms with Gasteiger partial charge in [-0.25, -0.2) is 8.42 Å². The largest absolute Gasteiger partial charge is 0.343 e. The Hall–Kier alpha value is -0.660. The zero-order valence-corrected chi connectivity index (χ0v) is 14.2. The molecule has 0 spiro atoms. The summed E-state index contributed by atoms with van der Waals surface area (Å²) < 4.78 is 24.9. The number of benzene rings is 1. The Kier molecular flexibility index (Phi) is 3.54. The second-order valence-corrected chi connectivity index (χ2v) is 8.56. The van der Waals surface area contributed by atoms with E-state index in [1.54, 1.807) is 0 Å². The van der Waals surface area contributed by atoms with Crippen molar-refractivity contribution in [2.24, 2.45) is 0 Å². The molecule has 2 saturated heterocycles. The molecule has 20 heavy (non-hydrogen) atoms. The van der Waals surface area contributed by atoms with E-state index in [4.69, 9.17) is 12.2 Å². The van der Waals surface area contributed by atoms with Crippen molar-refractivity contribution in [2.45, 2.75) is 19.0 Å². The highest BCUT2D eigenvalue weighted by Crippen LogP contribution is 2.35. The van der Waals surface area contributed by atoms with Crippen LogP contribution in [0.5, 0.6) is 0 Å². The molecular formula is C13H15BrN2O2S2. The van der Waals surface area contributed by atoms with Crippen LogP contribution in [0.4, 0.5) is 5.69 Å². The van der Waals surface area contributed by atoms with Crippen molar-refractivity contribution in [3.8, 4) is 0 Å². The average molecular weight is 375 g/mol. The van der Waals surface area contributed by atoms with Crippen molar-refractivity contribution in [3.05, 3.63) is 28.7 Å². The fourth-order valence-electron chi connectivity index (χ4n) is 3.05. The van der Waals surface area contributed by atoms with Gasteiger partial charge in [-0.3, -0.25) is 0 Å². The van der Waals surface area contributed by atoms with E-state index in [2.05, 4.69) is 15.9 Å². The summed E-state index contributed by atoms with van der Waals surface area (Å²) >= 11 is 8.96. The minimum Gasteiger partial charge on any atom is -0.343 e. The number of fused-ring (bicyclic) bond motifs is 1. The smallest absolute Gasteiger partial charge is 0.176 e. The molecule has 108 valence electrons. The highest BCUT2D eigenvalue weighted by atomic mass is 79.9. The van der Waals surface area contributed by atoms with Crippen LogP contribution in [0.3, 0.4) is 0 Å². The van der Waals surface area contributed by atoms with E-state index in [1.165, 1.54) is 0 Å². The molecule has 2 heterocycles. The van der Waals surface area contributed by atoms with Gasteiger partial charge in [0, 0.05) is 16.7 Å². The first-order valence-electron chi connectivity index (χ1n) is 6.49. The number of halogens is 1. The highest BCUT2D eigenvalue weighted by Gasteiger charge is 2.51. The molecule has 2 aliphatic rings. The summed E-state index contributed by atoms with van der Waals surface area (Å²) in [7, 11) is -2.97. The van der Waals surface area contributed by atoms with E-state index in [-0.39, 0.29) is 23.6 Å². The van der Waals surface area contributed by atoms with Gasteiger partial charge in [-0.1, -0.05) is 15.9 Å². The van der Waals surface area contributed by atoms with E-state index in [0.717, 1.165) is 21.8 Å². The second kappa shape index (κ2) is 4.96. The summed E-state index contributed by atoms with van der Waals surface area (Å²) in [5.41, 5.74) is 0.959. The van der Waals surface area contributed by atoms with Gasteiger partial charge in [-0.2, -0.15) is 0 Å². The van der Waals surface area contributed by atoms with Crippen molar-refractivity contribution in [2.75, 3.05) is 23.0 Å². The highest BCUT2D eigenvalue weighted by molar-refractivity contribution is 9.10. The van der Waals surface area contributed by atoms with Crippen molar-refractivity contribution in [3.63, 3.8) is 0 Å². The van der Waals surface area contributed by atoms with Crippen molar-refractivity contribution >= 4 is 48.8 Å². The molecule has 0 amide bonds. The minimum absolute atomic E-state index is 0.0128. The quantitative estimate of drug-likeness (QED) is 0.740. The zero-order chi connectivity index (χ0) is 14.5. The number of anilines is 1. The molecule has 1 aromatic rings. The van der Waals surface area contributed by atoms with Crippen LogP contribution in [0, 0.1) is 0 Å². The fraction of sp³-hybridized carbons (Fsp3) is 0.462. The van der Waals surface area contributed by atoms with Crippen LogP contribution in [0.1, 0.15) is 6.92 Å². The topological polar surface area (TPSA) is 40.6 Å². The van der Waals surface area contributed by atoms with Crippen LogP contribution in [-0.4, -0.2) is 48.6 Å². The van der Waals surface area contributed by atoms with Gasteiger partial charge in [0.15, 0.2) is 14.9 Å². The van der Waals surface area contributed by atoms with Gasteiger partial charge in [0.2, 0.25) is 0 Å². The van der Waals surface area contributed by atoms with Crippen molar-refractivity contribution < 1.29 is 8.42 Å². The molecule has 0 aromatic heterocycles. The molecule has 2 atom stereocenters. The van der Waals surface area contributed by atoms with Gasteiger partial charge in [-0.05, 0) is 43.4 Å². The van der Waals surface area contributed by atoms with E-state index in [9.17, 15) is 8.42 Å². The van der Waals surface area contributed by atoms with Gasteiger partial charge in [0.05, 0.1) is 23.6 Å². The first-order chi connectivity index (χ1) is 9.43. The van der Waals surface area contributed by atoms with Crippen molar-refractivity contribution in [1.29, 1.82) is 0 Å². The monoisotopic (exact) mass is 374 g/mol. The van der Waals surface area contributed by atoms with Crippen LogP contribution in [0.2, 0.25) is 0 Å². The summed E-state index contributed by atoms with van der Waals surface area (Å²) in [4.78, 5) is 4.03. The lowest BCUT2D eigenvalue weighted by Crippen LogP contribution is -2.37. The maximum atomic E-state index is 11.9. The second-order valence-electron chi connectivity index (χ2n) is 5.13. The predicted molar refractivity (Wildman–Crippen MR) is 87.8 cm³/mol. The maximum Gasteiger partial charge on any atom is 0.176 e. The molecule has 2 aliphatic heterocycles. The number of thiocarbonyl (C=S) groups is 1. The molecule has 1 aromatic carbocycles. The van der Waals surface area contributed by atoms with Crippen LogP contribution in [0.15, 0.2) is 28.7 Å². The summed E-state index contributed by atoms with van der Waals surface area (Å²) in [5, 5.41) is 0.736. The van der Waals surface area contributed by atoms with Gasteiger partial charge in [-0.15, -0.1) is 0 Å². The zero-order valence-electron chi connectivity index (χ0n) is 11.0. The molecule has 2 unspecified atom stereocenters. The number of likely N-dealkylation sites (N-methyl/N-ethyl adjacent to an activating group) is 1. The first-order valence-corrected chi connectivity index (χ1v) is 9.51. The number of nitrogens with zero attached hydrogens (tertiary/aromatic N) is 2.